The molecule has 30 heavy (non-hydrogen) atoms. The molecule has 0 aliphatic carbocycles. The topological polar surface area (TPSA) is 94.2 Å². The fourth-order valence-corrected chi connectivity index (χ4v) is 4.29. The van der Waals surface area contributed by atoms with Crippen molar-refractivity contribution in [2.45, 2.75) is 4.90 Å². The standard InChI is InChI=1S/C23H19N3O3S/c24-21-7-3-4-8-22(21)25-23(27)12-9-17-13-14-26(16-17)30(28,29)20-11-10-18-5-1-2-6-19(18)15-20/h1-16H,24H2,(H,25,27)/b12-9+. The van der Waals surface area contributed by atoms with Crippen LogP contribution in [0.3, 0.4) is 0 Å². The van der Waals surface area contributed by atoms with E-state index in [0.29, 0.717) is 16.9 Å². The first-order chi connectivity index (χ1) is 14.4. The van der Waals surface area contributed by atoms with E-state index in [0.717, 1.165) is 14.7 Å². The summed E-state index contributed by atoms with van der Waals surface area (Å²) < 4.78 is 27.0. The largest absolute Gasteiger partial charge is 0.397 e. The van der Waals surface area contributed by atoms with E-state index >= 15 is 0 Å². The number of hydrogen-bond donors (Lipinski definition) is 2. The van der Waals surface area contributed by atoms with Crippen molar-refractivity contribution in [3.05, 3.63) is 96.8 Å². The number of aromatic nitrogens is 1. The summed E-state index contributed by atoms with van der Waals surface area (Å²) in [5, 5.41) is 4.50. The van der Waals surface area contributed by atoms with E-state index in [4.69, 9.17) is 5.73 Å². The number of para-hydroxylation sites is 2. The summed E-state index contributed by atoms with van der Waals surface area (Å²) in [5.41, 5.74) is 7.37. The smallest absolute Gasteiger partial charge is 0.267 e. The predicted octanol–water partition coefficient (Wildman–Crippen LogP) is 4.11. The molecule has 0 bridgehead atoms. The molecular formula is C23H19N3O3S. The summed E-state index contributed by atoms with van der Waals surface area (Å²) in [6.07, 6.45) is 5.79. The van der Waals surface area contributed by atoms with Crippen LogP contribution in [0, 0.1) is 0 Å². The molecule has 4 rings (SSSR count). The van der Waals surface area contributed by atoms with E-state index < -0.39 is 10.0 Å². The fraction of sp³-hybridized carbons (Fsp3) is 0. The molecule has 4 aromatic rings. The lowest BCUT2D eigenvalue weighted by Gasteiger charge is -2.07. The number of nitrogens with zero attached hydrogens (tertiary/aromatic N) is 1. The average molecular weight is 417 g/mol. The summed E-state index contributed by atoms with van der Waals surface area (Å²) in [7, 11) is -3.74. The van der Waals surface area contributed by atoms with Crippen molar-refractivity contribution in [3.63, 3.8) is 0 Å². The van der Waals surface area contributed by atoms with Gasteiger partial charge in [0.1, 0.15) is 0 Å². The summed E-state index contributed by atoms with van der Waals surface area (Å²) in [4.78, 5) is 12.3. The maximum absolute atomic E-state index is 13.0. The normalized spacial score (nSPS) is 11.7. The molecule has 6 nitrogen and oxygen atoms in total. The van der Waals surface area contributed by atoms with E-state index in [1.165, 1.54) is 18.5 Å². The maximum Gasteiger partial charge on any atom is 0.267 e. The number of benzene rings is 3. The second-order valence-corrected chi connectivity index (χ2v) is 8.54. The van der Waals surface area contributed by atoms with Crippen LogP contribution in [0.4, 0.5) is 11.4 Å². The first-order valence-electron chi connectivity index (χ1n) is 9.19. The Kier molecular flexibility index (Phi) is 5.12. The van der Waals surface area contributed by atoms with Crippen LogP contribution in [-0.4, -0.2) is 18.3 Å². The molecule has 7 heteroatoms. The van der Waals surface area contributed by atoms with Gasteiger partial charge >= 0.3 is 0 Å². The third-order valence-corrected chi connectivity index (χ3v) is 6.26. The molecule has 3 N–H and O–H groups in total. The summed E-state index contributed by atoms with van der Waals surface area (Å²) in [5.74, 6) is -0.363. The number of fused-ring (bicyclic) bond motifs is 1. The van der Waals surface area contributed by atoms with E-state index in [1.807, 2.05) is 24.3 Å². The molecule has 0 atom stereocenters. The minimum absolute atomic E-state index is 0.199. The number of hydrogen-bond acceptors (Lipinski definition) is 4. The third-order valence-electron chi connectivity index (χ3n) is 4.63. The predicted molar refractivity (Wildman–Crippen MR) is 119 cm³/mol. The van der Waals surface area contributed by atoms with Crippen molar-refractivity contribution in [3.8, 4) is 0 Å². The molecular weight excluding hydrogens is 398 g/mol. The highest BCUT2D eigenvalue weighted by Crippen LogP contribution is 2.22. The molecule has 0 aliphatic heterocycles. The van der Waals surface area contributed by atoms with Crippen LogP contribution < -0.4 is 11.1 Å². The number of rotatable bonds is 5. The molecule has 0 spiro atoms. The van der Waals surface area contributed by atoms with Gasteiger partial charge in [0.2, 0.25) is 5.91 Å². The van der Waals surface area contributed by atoms with Crippen LogP contribution in [0.25, 0.3) is 16.8 Å². The van der Waals surface area contributed by atoms with Gasteiger partial charge in [-0.05, 0) is 52.7 Å². The van der Waals surface area contributed by atoms with Gasteiger partial charge in [0, 0.05) is 18.5 Å². The second-order valence-electron chi connectivity index (χ2n) is 6.70. The van der Waals surface area contributed by atoms with Gasteiger partial charge in [-0.3, -0.25) is 4.79 Å². The zero-order chi connectivity index (χ0) is 21.1. The Hall–Kier alpha value is -3.84. The van der Waals surface area contributed by atoms with Crippen LogP contribution in [-0.2, 0) is 14.8 Å². The van der Waals surface area contributed by atoms with Gasteiger partial charge in [0.05, 0.1) is 16.3 Å². The average Bonchev–Trinajstić information content (AvgIpc) is 3.23. The Morgan fingerprint density at radius 3 is 2.47 bits per heavy atom. The highest BCUT2D eigenvalue weighted by Gasteiger charge is 2.17. The van der Waals surface area contributed by atoms with Gasteiger partial charge in [-0.15, -0.1) is 0 Å². The van der Waals surface area contributed by atoms with Crippen molar-refractivity contribution in [1.82, 2.24) is 3.97 Å². The maximum atomic E-state index is 13.0. The Morgan fingerprint density at radius 2 is 1.67 bits per heavy atom. The summed E-state index contributed by atoms with van der Waals surface area (Å²) in [6, 6.07) is 21.2. The molecule has 0 saturated carbocycles. The van der Waals surface area contributed by atoms with Crippen molar-refractivity contribution in [1.29, 1.82) is 0 Å². The second kappa shape index (κ2) is 7.88. The molecule has 0 aliphatic rings. The van der Waals surface area contributed by atoms with Crippen LogP contribution in [0.5, 0.6) is 0 Å². The third kappa shape index (κ3) is 3.97. The molecule has 0 unspecified atom stereocenters. The highest BCUT2D eigenvalue weighted by molar-refractivity contribution is 7.90. The molecule has 0 fully saturated rings. The van der Waals surface area contributed by atoms with Crippen molar-refractivity contribution in [2.24, 2.45) is 0 Å². The van der Waals surface area contributed by atoms with Crippen LogP contribution in [0.2, 0.25) is 0 Å². The zero-order valence-electron chi connectivity index (χ0n) is 15.9. The van der Waals surface area contributed by atoms with E-state index in [9.17, 15) is 13.2 Å². The van der Waals surface area contributed by atoms with Crippen molar-refractivity contribution in [2.75, 3.05) is 11.1 Å². The minimum Gasteiger partial charge on any atom is -0.397 e. The monoisotopic (exact) mass is 417 g/mol. The van der Waals surface area contributed by atoms with Crippen LogP contribution >= 0.6 is 0 Å². The lowest BCUT2D eigenvalue weighted by molar-refractivity contribution is -0.111. The lowest BCUT2D eigenvalue weighted by atomic mass is 10.1. The SMILES string of the molecule is Nc1ccccc1NC(=O)/C=C/c1ccn(S(=O)(=O)c2ccc3ccccc3c2)c1. The number of anilines is 2. The fourth-order valence-electron chi connectivity index (χ4n) is 3.05. The first kappa shape index (κ1) is 19.5. The lowest BCUT2D eigenvalue weighted by Crippen LogP contribution is -2.10. The van der Waals surface area contributed by atoms with E-state index in [-0.39, 0.29) is 10.8 Å². The van der Waals surface area contributed by atoms with E-state index in [2.05, 4.69) is 5.32 Å². The summed E-state index contributed by atoms with van der Waals surface area (Å²) in [6.45, 7) is 0. The quantitative estimate of drug-likeness (QED) is 0.377. The van der Waals surface area contributed by atoms with E-state index in [1.54, 1.807) is 54.6 Å². The molecule has 150 valence electrons. The minimum atomic E-state index is -3.74. The molecule has 3 aromatic carbocycles. The number of nitrogens with two attached hydrogens (primary N) is 1. The van der Waals surface area contributed by atoms with Crippen molar-refractivity contribution < 1.29 is 13.2 Å². The van der Waals surface area contributed by atoms with Gasteiger partial charge in [-0.2, -0.15) is 0 Å². The Balaban J connectivity index is 1.53. The van der Waals surface area contributed by atoms with Gasteiger partial charge in [0.25, 0.3) is 10.0 Å². The van der Waals surface area contributed by atoms with Gasteiger partial charge in [-0.1, -0.05) is 42.5 Å². The molecule has 1 aromatic heterocycles. The van der Waals surface area contributed by atoms with Gasteiger partial charge in [-0.25, -0.2) is 12.4 Å². The van der Waals surface area contributed by atoms with Crippen molar-refractivity contribution >= 4 is 44.2 Å². The van der Waals surface area contributed by atoms with Gasteiger partial charge < -0.3 is 11.1 Å². The van der Waals surface area contributed by atoms with Crippen LogP contribution in [0.1, 0.15) is 5.56 Å². The number of carbonyl (C=O) groups excluding carboxylic acids is 1. The number of nitrogens with one attached hydrogen (secondary N) is 1. The Bertz CT molecular complexity index is 1370. The Morgan fingerprint density at radius 1 is 0.933 bits per heavy atom. The number of carbonyl (C=O) groups is 1. The Labute approximate surface area is 174 Å². The summed E-state index contributed by atoms with van der Waals surface area (Å²) >= 11 is 0. The molecule has 0 saturated heterocycles. The van der Waals surface area contributed by atoms with Gasteiger partial charge in [0.15, 0.2) is 0 Å². The molecule has 1 amide bonds. The number of amides is 1. The first-order valence-corrected chi connectivity index (χ1v) is 10.6. The highest BCUT2D eigenvalue weighted by atomic mass is 32.2. The molecule has 0 radical (unpaired) electrons. The van der Waals surface area contributed by atoms with Crippen LogP contribution in [0.15, 0.2) is 96.2 Å². The number of nitrogen functional groups attached to an aromatic ring is 1. The zero-order valence-corrected chi connectivity index (χ0v) is 16.7. The molecule has 1 heterocycles.